The summed E-state index contributed by atoms with van der Waals surface area (Å²) in [5.41, 5.74) is 7.80. The molecule has 0 aliphatic heterocycles. The fraction of sp³-hybridized carbons (Fsp3) is 0. The smallest absolute Gasteiger partial charge is 0.260 e. The Morgan fingerprint density at radius 1 is 1.11 bits per heavy atom. The van der Waals surface area contributed by atoms with Gasteiger partial charge < -0.3 is 10.3 Å². The number of nitrogens with zero attached hydrogens (tertiary/aromatic N) is 3. The number of nitrogen functional groups attached to an aromatic ring is 1. The summed E-state index contributed by atoms with van der Waals surface area (Å²) in [7, 11) is 0. The Morgan fingerprint density at radius 2 is 1.89 bits per heavy atom. The molecule has 3 aromatic rings. The SMILES string of the molecule is Nc1cnccc1-c1nc(-c2ccc(Cl)cc2)no1. The van der Waals surface area contributed by atoms with Crippen LogP contribution < -0.4 is 5.73 Å². The van der Waals surface area contributed by atoms with E-state index in [2.05, 4.69) is 15.1 Å². The van der Waals surface area contributed by atoms with Crippen LogP contribution in [0.4, 0.5) is 5.69 Å². The lowest BCUT2D eigenvalue weighted by Crippen LogP contribution is -1.90. The van der Waals surface area contributed by atoms with Crippen molar-refractivity contribution in [1.29, 1.82) is 0 Å². The average Bonchev–Trinajstić information content (AvgIpc) is 2.89. The Balaban J connectivity index is 2.00. The molecule has 6 heteroatoms. The lowest BCUT2D eigenvalue weighted by Gasteiger charge is -1.97. The van der Waals surface area contributed by atoms with Gasteiger partial charge >= 0.3 is 0 Å². The van der Waals surface area contributed by atoms with Crippen LogP contribution in [0.15, 0.2) is 47.2 Å². The third-order valence-corrected chi connectivity index (χ3v) is 2.86. The molecule has 19 heavy (non-hydrogen) atoms. The second-order valence-corrected chi connectivity index (χ2v) is 4.33. The summed E-state index contributed by atoms with van der Waals surface area (Å²) in [4.78, 5) is 8.23. The molecular weight excluding hydrogens is 264 g/mol. The minimum absolute atomic E-state index is 0.366. The first-order valence-corrected chi connectivity index (χ1v) is 5.91. The number of hydrogen-bond acceptors (Lipinski definition) is 5. The number of benzene rings is 1. The molecule has 0 fully saturated rings. The van der Waals surface area contributed by atoms with Gasteiger partial charge in [-0.05, 0) is 30.3 Å². The molecule has 3 rings (SSSR count). The monoisotopic (exact) mass is 272 g/mol. The molecule has 0 radical (unpaired) electrons. The molecule has 0 bridgehead atoms. The molecule has 0 atom stereocenters. The van der Waals surface area contributed by atoms with E-state index in [-0.39, 0.29) is 0 Å². The minimum Gasteiger partial charge on any atom is -0.397 e. The number of aromatic nitrogens is 3. The molecule has 0 spiro atoms. The van der Waals surface area contributed by atoms with E-state index in [0.717, 1.165) is 5.56 Å². The highest BCUT2D eigenvalue weighted by atomic mass is 35.5. The lowest BCUT2D eigenvalue weighted by molar-refractivity contribution is 0.432. The number of halogens is 1. The molecular formula is C13H9ClN4O. The highest BCUT2D eigenvalue weighted by Crippen LogP contribution is 2.26. The van der Waals surface area contributed by atoms with Crippen LogP contribution >= 0.6 is 11.6 Å². The van der Waals surface area contributed by atoms with Crippen molar-refractivity contribution in [2.75, 3.05) is 5.73 Å². The number of hydrogen-bond donors (Lipinski definition) is 1. The molecule has 5 nitrogen and oxygen atoms in total. The van der Waals surface area contributed by atoms with Gasteiger partial charge in [-0.25, -0.2) is 0 Å². The predicted molar refractivity (Wildman–Crippen MR) is 72.4 cm³/mol. The zero-order valence-electron chi connectivity index (χ0n) is 9.75. The van der Waals surface area contributed by atoms with E-state index in [1.54, 1.807) is 30.6 Å². The van der Waals surface area contributed by atoms with Crippen molar-refractivity contribution in [3.63, 3.8) is 0 Å². The van der Waals surface area contributed by atoms with Crippen LogP contribution in [-0.4, -0.2) is 15.1 Å². The maximum Gasteiger partial charge on any atom is 0.260 e. The third-order valence-electron chi connectivity index (χ3n) is 2.61. The van der Waals surface area contributed by atoms with Crippen LogP contribution in [0, 0.1) is 0 Å². The second kappa shape index (κ2) is 4.70. The molecule has 0 amide bonds. The van der Waals surface area contributed by atoms with Crippen LogP contribution in [0.2, 0.25) is 5.02 Å². The Bertz CT molecular complexity index is 709. The molecule has 0 aliphatic carbocycles. The maximum absolute atomic E-state index is 5.83. The number of nitrogens with two attached hydrogens (primary N) is 1. The average molecular weight is 273 g/mol. The number of rotatable bonds is 2. The Hall–Kier alpha value is -2.40. The fourth-order valence-electron chi connectivity index (χ4n) is 1.65. The van der Waals surface area contributed by atoms with Crippen molar-refractivity contribution in [1.82, 2.24) is 15.1 Å². The largest absolute Gasteiger partial charge is 0.397 e. The summed E-state index contributed by atoms with van der Waals surface area (Å²) >= 11 is 5.83. The van der Waals surface area contributed by atoms with Crippen molar-refractivity contribution < 1.29 is 4.52 Å². The van der Waals surface area contributed by atoms with Gasteiger partial charge in [0, 0.05) is 16.8 Å². The number of anilines is 1. The molecule has 94 valence electrons. The summed E-state index contributed by atoms with van der Waals surface area (Å²) < 4.78 is 5.21. The number of pyridine rings is 1. The van der Waals surface area contributed by atoms with Crippen molar-refractivity contribution in [3.8, 4) is 22.8 Å². The first kappa shape index (κ1) is 11.7. The fourth-order valence-corrected chi connectivity index (χ4v) is 1.78. The van der Waals surface area contributed by atoms with Gasteiger partial charge in [-0.2, -0.15) is 4.98 Å². The van der Waals surface area contributed by atoms with Crippen molar-refractivity contribution in [2.45, 2.75) is 0 Å². The van der Waals surface area contributed by atoms with Gasteiger partial charge in [0.1, 0.15) is 0 Å². The van der Waals surface area contributed by atoms with Gasteiger partial charge in [0.2, 0.25) is 5.82 Å². The van der Waals surface area contributed by atoms with Crippen molar-refractivity contribution in [3.05, 3.63) is 47.7 Å². The van der Waals surface area contributed by atoms with Crippen LogP contribution in [0.3, 0.4) is 0 Å². The van der Waals surface area contributed by atoms with E-state index in [1.807, 2.05) is 12.1 Å². The molecule has 2 N–H and O–H groups in total. The normalized spacial score (nSPS) is 10.6. The van der Waals surface area contributed by atoms with Crippen LogP contribution in [0.1, 0.15) is 0 Å². The van der Waals surface area contributed by atoms with E-state index >= 15 is 0 Å². The standard InChI is InChI=1S/C13H9ClN4O/c14-9-3-1-8(2-4-9)12-17-13(19-18-12)10-5-6-16-7-11(10)15/h1-7H,15H2. The van der Waals surface area contributed by atoms with E-state index < -0.39 is 0 Å². The van der Waals surface area contributed by atoms with E-state index in [9.17, 15) is 0 Å². The van der Waals surface area contributed by atoms with E-state index in [1.165, 1.54) is 0 Å². The van der Waals surface area contributed by atoms with Crippen LogP contribution in [0.5, 0.6) is 0 Å². The quantitative estimate of drug-likeness (QED) is 0.776. The van der Waals surface area contributed by atoms with E-state index in [4.69, 9.17) is 21.9 Å². The highest BCUT2D eigenvalue weighted by molar-refractivity contribution is 6.30. The zero-order chi connectivity index (χ0) is 13.2. The van der Waals surface area contributed by atoms with Gasteiger partial charge in [-0.1, -0.05) is 16.8 Å². The molecule has 0 unspecified atom stereocenters. The Morgan fingerprint density at radius 3 is 2.63 bits per heavy atom. The van der Waals surface area contributed by atoms with E-state index in [0.29, 0.717) is 28.0 Å². The van der Waals surface area contributed by atoms with Gasteiger partial charge in [0.15, 0.2) is 0 Å². The topological polar surface area (TPSA) is 77.8 Å². The summed E-state index contributed by atoms with van der Waals surface area (Å²) in [5.74, 6) is 0.854. The summed E-state index contributed by atoms with van der Waals surface area (Å²) in [6, 6.07) is 8.93. The van der Waals surface area contributed by atoms with Crippen LogP contribution in [-0.2, 0) is 0 Å². The van der Waals surface area contributed by atoms with Gasteiger partial charge in [-0.3, -0.25) is 4.98 Å². The lowest BCUT2D eigenvalue weighted by atomic mass is 10.2. The zero-order valence-corrected chi connectivity index (χ0v) is 10.5. The second-order valence-electron chi connectivity index (χ2n) is 3.89. The van der Waals surface area contributed by atoms with Gasteiger partial charge in [-0.15, -0.1) is 0 Å². The summed E-state index contributed by atoms with van der Waals surface area (Å²) in [6.45, 7) is 0. The van der Waals surface area contributed by atoms with Crippen molar-refractivity contribution >= 4 is 17.3 Å². The third kappa shape index (κ3) is 2.28. The predicted octanol–water partition coefficient (Wildman–Crippen LogP) is 3.03. The van der Waals surface area contributed by atoms with Crippen LogP contribution in [0.25, 0.3) is 22.8 Å². The minimum atomic E-state index is 0.366. The first-order chi connectivity index (χ1) is 9.24. The molecule has 0 saturated heterocycles. The molecule has 0 saturated carbocycles. The van der Waals surface area contributed by atoms with Gasteiger partial charge in [0.25, 0.3) is 5.89 Å². The highest BCUT2D eigenvalue weighted by Gasteiger charge is 2.12. The molecule has 0 aliphatic rings. The molecule has 1 aromatic carbocycles. The maximum atomic E-state index is 5.83. The Kier molecular flexibility index (Phi) is 2.89. The molecule has 2 aromatic heterocycles. The van der Waals surface area contributed by atoms with Crippen molar-refractivity contribution in [2.24, 2.45) is 0 Å². The summed E-state index contributed by atoms with van der Waals surface area (Å²) in [5, 5.41) is 4.59. The first-order valence-electron chi connectivity index (χ1n) is 5.53. The summed E-state index contributed by atoms with van der Waals surface area (Å²) in [6.07, 6.45) is 3.17. The Labute approximate surface area is 114 Å². The molecule has 2 heterocycles. The van der Waals surface area contributed by atoms with Gasteiger partial charge in [0.05, 0.1) is 17.4 Å².